The number of rotatable bonds is 1. The molecule has 0 aliphatic heterocycles. The molecule has 1 rings (SSSR count). The molecule has 5 heteroatoms. The van der Waals surface area contributed by atoms with Crippen molar-refractivity contribution in [2.45, 2.75) is 0 Å². The molecule has 0 unspecified atom stereocenters. The summed E-state index contributed by atoms with van der Waals surface area (Å²) in [7, 11) is 0.882. The van der Waals surface area contributed by atoms with Crippen LogP contribution in [0.1, 0.15) is 0 Å². The predicted octanol–water partition coefficient (Wildman–Crippen LogP) is 1.36. The van der Waals surface area contributed by atoms with Crippen molar-refractivity contribution < 1.29 is 14.1 Å². The third kappa shape index (κ3) is 6.17. The third-order valence-corrected chi connectivity index (χ3v) is 2.53. The van der Waals surface area contributed by atoms with Crippen LogP contribution in [0.4, 0.5) is 0 Å². The summed E-state index contributed by atoms with van der Waals surface area (Å²) in [6.07, 6.45) is 10.0. The van der Waals surface area contributed by atoms with E-state index in [0.717, 1.165) is 9.74 Å². The maximum Gasteiger partial charge on any atom is -0.0312 e. The molecule has 0 aromatic rings. The molecule has 0 N–H and O–H groups in total. The molecular formula is C9H5CoN2S2. The maximum absolute atomic E-state index is 8.23. The van der Waals surface area contributed by atoms with Crippen molar-refractivity contribution in [1.29, 1.82) is 10.5 Å². The van der Waals surface area contributed by atoms with Crippen molar-refractivity contribution in [3.8, 4) is 12.1 Å². The first-order chi connectivity index (χ1) is 6.76. The van der Waals surface area contributed by atoms with Gasteiger partial charge in [-0.2, -0.15) is 0 Å². The van der Waals surface area contributed by atoms with Crippen molar-refractivity contribution >= 4 is 22.4 Å². The second kappa shape index (κ2) is 9.23. The van der Waals surface area contributed by atoms with E-state index in [-0.39, 0.29) is 9.81 Å². The van der Waals surface area contributed by atoms with Crippen LogP contribution >= 0.6 is 0 Å². The molecule has 0 aromatic carbocycles. The zero-order valence-electron chi connectivity index (χ0n) is 6.93. The Morgan fingerprint density at radius 1 is 1.07 bits per heavy atom. The van der Waals surface area contributed by atoms with E-state index >= 15 is 0 Å². The van der Waals surface area contributed by atoms with Crippen LogP contribution in [0.25, 0.3) is 0 Å². The molecule has 5 radical (unpaired) electrons. The van der Waals surface area contributed by atoms with E-state index < -0.39 is 0 Å². The molecule has 2 nitrogen and oxygen atoms in total. The predicted molar refractivity (Wildman–Crippen MR) is 54.5 cm³/mol. The average molecular weight is 264 g/mol. The summed E-state index contributed by atoms with van der Waals surface area (Å²) in [6.45, 7) is 0. The Bertz CT molecular complexity index is 287. The van der Waals surface area contributed by atoms with E-state index in [0.29, 0.717) is 0 Å². The van der Waals surface area contributed by atoms with E-state index in [1.165, 1.54) is 0 Å². The molecule has 14 heavy (non-hydrogen) atoms. The van der Waals surface area contributed by atoms with E-state index in [4.69, 9.17) is 10.5 Å². The topological polar surface area (TPSA) is 47.6 Å². The molecule has 72 valence electrons. The smallest absolute Gasteiger partial charge is 0.0312 e. The fraction of sp³-hybridized carbons (Fsp3) is 0. The fourth-order valence-corrected chi connectivity index (χ4v) is 1.43. The molecule has 0 amide bonds. The molecule has 0 atom stereocenters. The second-order valence-electron chi connectivity index (χ2n) is 1.91. The zero-order valence-corrected chi connectivity index (χ0v) is 9.61. The molecule has 1 saturated carbocycles. The van der Waals surface area contributed by atoms with Gasteiger partial charge in [0, 0.05) is 0 Å². The van der Waals surface area contributed by atoms with Crippen LogP contribution < -0.4 is 0 Å². The van der Waals surface area contributed by atoms with Gasteiger partial charge in [-0.05, 0) is 32.1 Å². The largest absolute Gasteiger partial charge is 0.0312 e. The van der Waals surface area contributed by atoms with E-state index in [9.17, 15) is 0 Å². The van der Waals surface area contributed by atoms with Gasteiger partial charge in [-0.15, -0.1) is 0 Å². The molecule has 0 saturated heterocycles. The molecule has 1 fully saturated rings. The molecule has 1 aliphatic carbocycles. The Morgan fingerprint density at radius 3 is 1.64 bits per heavy atom. The summed E-state index contributed by atoms with van der Waals surface area (Å²) >= 11 is 8.24. The first-order valence-corrected chi connectivity index (χ1v) is 5.77. The first-order valence-electron chi connectivity index (χ1n) is 3.41. The van der Waals surface area contributed by atoms with Crippen molar-refractivity contribution in [1.82, 2.24) is 0 Å². The molecule has 0 bridgehead atoms. The van der Waals surface area contributed by atoms with Gasteiger partial charge in [-0.3, -0.25) is 0 Å². The van der Waals surface area contributed by atoms with Gasteiger partial charge in [0.2, 0.25) is 0 Å². The van der Waals surface area contributed by atoms with Crippen molar-refractivity contribution in [3.63, 3.8) is 0 Å². The van der Waals surface area contributed by atoms with Crippen molar-refractivity contribution in [3.05, 3.63) is 41.9 Å². The summed E-state index contributed by atoms with van der Waals surface area (Å²) in [5, 5.41) is 16.4. The summed E-state index contributed by atoms with van der Waals surface area (Å²) in [6, 6.07) is 3.41. The normalized spacial score (nSPS) is 15.4. The zero-order chi connectivity index (χ0) is 10.8. The fourth-order valence-electron chi connectivity index (χ4n) is 0.468. The van der Waals surface area contributed by atoms with Crippen LogP contribution in [0.3, 0.4) is 0 Å². The number of hydrogen-bond acceptors (Lipinski definition) is 3. The Hall–Kier alpha value is -0.334. The molecule has 0 spiro atoms. The molecule has 1 aliphatic rings. The summed E-state index contributed by atoms with van der Waals surface area (Å²) in [5.41, 5.74) is 0. The van der Waals surface area contributed by atoms with Crippen LogP contribution in [0.5, 0.6) is 0 Å². The van der Waals surface area contributed by atoms with Crippen LogP contribution in [0.15, 0.2) is 9.81 Å². The van der Waals surface area contributed by atoms with Gasteiger partial charge in [0.1, 0.15) is 0 Å². The Balaban J connectivity index is 0.000000280. The summed E-state index contributed by atoms with van der Waals surface area (Å²) in [4.78, 5) is 0.170. The minimum atomic E-state index is -0.00405. The van der Waals surface area contributed by atoms with Gasteiger partial charge < -0.3 is 0 Å². The Kier molecular flexibility index (Phi) is 9.01. The van der Waals surface area contributed by atoms with E-state index in [2.05, 4.69) is 26.8 Å². The van der Waals surface area contributed by atoms with Gasteiger partial charge in [0.05, 0.1) is 0 Å². The Morgan fingerprint density at radius 2 is 1.50 bits per heavy atom. The van der Waals surface area contributed by atoms with Gasteiger partial charge in [-0.25, -0.2) is 0 Å². The second-order valence-corrected chi connectivity index (χ2v) is 3.50. The third-order valence-electron chi connectivity index (χ3n) is 1.03. The van der Waals surface area contributed by atoms with Crippen LogP contribution in [0.2, 0.25) is 0 Å². The number of nitriles is 2. The Labute approximate surface area is 101 Å². The monoisotopic (exact) mass is 264 g/mol. The van der Waals surface area contributed by atoms with Crippen molar-refractivity contribution in [2.24, 2.45) is 0 Å². The van der Waals surface area contributed by atoms with Gasteiger partial charge >= 0.3 is 69.0 Å². The number of hydrogen-bond donors (Lipinski definition) is 0. The molecular weight excluding hydrogens is 259 g/mol. The van der Waals surface area contributed by atoms with Crippen LogP contribution in [-0.4, -0.2) is 0 Å². The van der Waals surface area contributed by atoms with Gasteiger partial charge in [0.15, 0.2) is 0 Å². The van der Waals surface area contributed by atoms with Crippen LogP contribution in [0, 0.1) is 54.8 Å². The van der Waals surface area contributed by atoms with Crippen LogP contribution in [-0.2, 0) is 36.5 Å². The summed E-state index contributed by atoms with van der Waals surface area (Å²) < 4.78 is 0. The standard InChI is InChI=1S/C5H5.C4H2N2S2.Co/c1-2-4-5-3-1;5-1-3(7)4(8)2-6;/h1-5H;7-8H;/q;;+2/p-2/b;4-3-;. The average Bonchev–Trinajstić information content (AvgIpc) is 2.77. The quantitative estimate of drug-likeness (QED) is 0.408. The molecule has 0 heterocycles. The molecule has 0 aromatic heterocycles. The van der Waals surface area contributed by atoms with E-state index in [1.807, 2.05) is 32.1 Å². The first kappa shape index (κ1) is 13.7. The minimum absolute atomic E-state index is 0.00405. The van der Waals surface area contributed by atoms with Gasteiger partial charge in [0.25, 0.3) is 0 Å². The maximum atomic E-state index is 8.23. The van der Waals surface area contributed by atoms with Gasteiger partial charge in [-0.1, -0.05) is 0 Å². The number of allylic oxidation sites excluding steroid dienone is 2. The van der Waals surface area contributed by atoms with Crippen molar-refractivity contribution in [2.75, 3.05) is 0 Å². The minimum Gasteiger partial charge on any atom is -0.0312 e. The summed E-state index contributed by atoms with van der Waals surface area (Å²) in [5.74, 6) is 0. The number of nitrogens with zero attached hydrogens (tertiary/aromatic N) is 2. The van der Waals surface area contributed by atoms with E-state index in [1.54, 1.807) is 12.1 Å². The SMILES string of the molecule is N#C/C([S-])=C(\C#N)[S+]=[Co].[CH]1[CH][CH][CH][CH]1.